The molecule has 0 fully saturated rings. The summed E-state index contributed by atoms with van der Waals surface area (Å²) in [5.41, 5.74) is 7.06. The Labute approximate surface area is 240 Å². The monoisotopic (exact) mass is 546 g/mol. The van der Waals surface area contributed by atoms with Crippen molar-refractivity contribution in [2.45, 2.75) is 0 Å². The maximum atomic E-state index is 13.5. The normalized spacial score (nSPS) is 10.7. The molecule has 5 aromatic carbocycles. The van der Waals surface area contributed by atoms with E-state index in [0.717, 1.165) is 11.1 Å². The van der Waals surface area contributed by atoms with Gasteiger partial charge in [-0.2, -0.15) is 0 Å². The SMILES string of the molecule is Fc1ccc(C#Cc2c3nc(-c4ccccc4)[nH]c3c(C#Cc3ccc(F)cc3)c3[nH]c(-c4ccccc4)nc23)cc1. The summed E-state index contributed by atoms with van der Waals surface area (Å²) in [4.78, 5) is 16.9. The highest BCUT2D eigenvalue weighted by Gasteiger charge is 2.21. The van der Waals surface area contributed by atoms with Crippen molar-refractivity contribution in [2.24, 2.45) is 0 Å². The van der Waals surface area contributed by atoms with Crippen LogP contribution in [0.5, 0.6) is 0 Å². The topological polar surface area (TPSA) is 57.4 Å². The predicted molar refractivity (Wildman–Crippen MR) is 161 cm³/mol. The summed E-state index contributed by atoms with van der Waals surface area (Å²) in [5.74, 6) is 13.6. The maximum absolute atomic E-state index is 13.5. The van der Waals surface area contributed by atoms with Crippen LogP contribution in [-0.4, -0.2) is 19.9 Å². The second-order valence-electron chi connectivity index (χ2n) is 9.61. The quantitative estimate of drug-likeness (QED) is 0.217. The van der Waals surface area contributed by atoms with E-state index in [1.54, 1.807) is 24.3 Å². The number of aromatic amines is 2. The number of imidazole rings is 2. The van der Waals surface area contributed by atoms with Gasteiger partial charge in [0, 0.05) is 22.3 Å². The average molecular weight is 547 g/mol. The first kappa shape index (κ1) is 25.0. The van der Waals surface area contributed by atoms with Crippen LogP contribution in [0.1, 0.15) is 22.3 Å². The van der Waals surface area contributed by atoms with Crippen LogP contribution in [0, 0.1) is 35.3 Å². The number of hydrogen-bond donors (Lipinski definition) is 2. The fraction of sp³-hybridized carbons (Fsp3) is 0. The number of benzene rings is 5. The van der Waals surface area contributed by atoms with Crippen molar-refractivity contribution in [3.8, 4) is 46.5 Å². The number of halogens is 2. The highest BCUT2D eigenvalue weighted by Crippen LogP contribution is 2.33. The molecule has 0 saturated heterocycles. The molecule has 0 saturated carbocycles. The molecule has 42 heavy (non-hydrogen) atoms. The number of aromatic nitrogens is 4. The Morgan fingerprint density at radius 1 is 0.452 bits per heavy atom. The van der Waals surface area contributed by atoms with Crippen molar-refractivity contribution in [2.75, 3.05) is 0 Å². The molecule has 2 aromatic heterocycles. The smallest absolute Gasteiger partial charge is 0.138 e. The average Bonchev–Trinajstić information content (AvgIpc) is 3.67. The van der Waals surface area contributed by atoms with Crippen LogP contribution in [0.3, 0.4) is 0 Å². The van der Waals surface area contributed by atoms with Crippen molar-refractivity contribution in [1.82, 2.24) is 19.9 Å². The van der Waals surface area contributed by atoms with Gasteiger partial charge in [0.2, 0.25) is 0 Å². The summed E-state index contributed by atoms with van der Waals surface area (Å²) in [7, 11) is 0. The molecule has 0 unspecified atom stereocenters. The van der Waals surface area contributed by atoms with Crippen LogP contribution < -0.4 is 0 Å². The molecule has 4 nitrogen and oxygen atoms in total. The number of nitrogens with one attached hydrogen (secondary N) is 2. The summed E-state index contributed by atoms with van der Waals surface area (Å²) < 4.78 is 27.1. The Morgan fingerprint density at radius 2 is 0.857 bits per heavy atom. The number of H-pyrrole nitrogens is 2. The van der Waals surface area contributed by atoms with Crippen LogP contribution in [0.25, 0.3) is 44.8 Å². The van der Waals surface area contributed by atoms with Crippen LogP contribution in [-0.2, 0) is 0 Å². The first-order chi connectivity index (χ1) is 20.6. The van der Waals surface area contributed by atoms with E-state index in [-0.39, 0.29) is 11.6 Å². The van der Waals surface area contributed by atoms with E-state index in [0.29, 0.717) is 56.0 Å². The van der Waals surface area contributed by atoms with Crippen LogP contribution in [0.2, 0.25) is 0 Å². The maximum Gasteiger partial charge on any atom is 0.138 e. The van der Waals surface area contributed by atoms with Crippen molar-refractivity contribution in [3.63, 3.8) is 0 Å². The van der Waals surface area contributed by atoms with Gasteiger partial charge in [-0.05, 0) is 48.5 Å². The lowest BCUT2D eigenvalue weighted by Crippen LogP contribution is -1.90. The summed E-state index contributed by atoms with van der Waals surface area (Å²) >= 11 is 0. The Kier molecular flexibility index (Phi) is 6.28. The first-order valence-corrected chi connectivity index (χ1v) is 13.2. The molecular weight excluding hydrogens is 526 g/mol. The summed E-state index contributed by atoms with van der Waals surface area (Å²) in [5, 5.41) is 0. The molecule has 7 aromatic rings. The largest absolute Gasteiger partial charge is 0.337 e. The highest BCUT2D eigenvalue weighted by atomic mass is 19.1. The van der Waals surface area contributed by atoms with Crippen molar-refractivity contribution in [3.05, 3.63) is 143 Å². The lowest BCUT2D eigenvalue weighted by atomic mass is 10.0. The minimum Gasteiger partial charge on any atom is -0.337 e. The highest BCUT2D eigenvalue weighted by molar-refractivity contribution is 6.06. The predicted octanol–water partition coefficient (Wildman–Crippen LogP) is 7.85. The second-order valence-corrected chi connectivity index (χ2v) is 9.61. The second kappa shape index (κ2) is 10.5. The third-order valence-corrected chi connectivity index (χ3v) is 6.83. The van der Waals surface area contributed by atoms with Gasteiger partial charge in [0.1, 0.15) is 34.3 Å². The van der Waals surface area contributed by atoms with Gasteiger partial charge < -0.3 is 9.97 Å². The number of rotatable bonds is 2. The van der Waals surface area contributed by atoms with Gasteiger partial charge in [-0.1, -0.05) is 84.3 Å². The van der Waals surface area contributed by atoms with Crippen LogP contribution >= 0.6 is 0 Å². The third-order valence-electron chi connectivity index (χ3n) is 6.83. The van der Waals surface area contributed by atoms with Crippen molar-refractivity contribution >= 4 is 22.1 Å². The Morgan fingerprint density at radius 3 is 1.29 bits per heavy atom. The van der Waals surface area contributed by atoms with E-state index in [4.69, 9.17) is 9.97 Å². The molecule has 198 valence electrons. The standard InChI is InChI=1S/C36H20F2N4/c37-27-17-11-23(12-18-27)15-21-29-31-32(40-35(39-31)25-7-3-1-4-8-25)30(22-16-24-13-19-28(38)20-14-24)34-33(29)41-36(42-34)26-9-5-2-6-10-26/h1-14,17-20H,(H,39,40)(H,41,42). The van der Waals surface area contributed by atoms with E-state index >= 15 is 0 Å². The molecule has 0 bridgehead atoms. The zero-order valence-electron chi connectivity index (χ0n) is 22.0. The molecule has 6 heteroatoms. The third kappa shape index (κ3) is 4.79. The molecular formula is C36H20F2N4. The van der Waals surface area contributed by atoms with E-state index in [1.807, 2.05) is 60.7 Å². The van der Waals surface area contributed by atoms with Gasteiger partial charge in [0.25, 0.3) is 0 Å². The molecule has 0 radical (unpaired) electrons. The molecule has 2 heterocycles. The van der Waals surface area contributed by atoms with Gasteiger partial charge in [0.15, 0.2) is 0 Å². The molecule has 0 atom stereocenters. The van der Waals surface area contributed by atoms with Crippen LogP contribution in [0.4, 0.5) is 8.78 Å². The van der Waals surface area contributed by atoms with E-state index < -0.39 is 0 Å². The van der Waals surface area contributed by atoms with Crippen molar-refractivity contribution < 1.29 is 8.78 Å². The van der Waals surface area contributed by atoms with Crippen molar-refractivity contribution in [1.29, 1.82) is 0 Å². The summed E-state index contributed by atoms with van der Waals surface area (Å²) in [6.07, 6.45) is 0. The number of nitrogens with zero attached hydrogens (tertiary/aromatic N) is 2. The molecule has 0 aliphatic heterocycles. The van der Waals surface area contributed by atoms with Crippen LogP contribution in [0.15, 0.2) is 109 Å². The molecule has 2 N–H and O–H groups in total. The number of hydrogen-bond acceptors (Lipinski definition) is 2. The minimum absolute atomic E-state index is 0.323. The summed E-state index contributed by atoms with van der Waals surface area (Å²) in [6, 6.07) is 31.7. The first-order valence-electron chi connectivity index (χ1n) is 13.2. The Bertz CT molecular complexity index is 1980. The van der Waals surface area contributed by atoms with Gasteiger partial charge >= 0.3 is 0 Å². The summed E-state index contributed by atoms with van der Waals surface area (Å²) in [6.45, 7) is 0. The number of fused-ring (bicyclic) bond motifs is 2. The van der Waals surface area contributed by atoms with Gasteiger partial charge in [0.05, 0.1) is 22.2 Å². The fourth-order valence-electron chi connectivity index (χ4n) is 4.75. The lowest BCUT2D eigenvalue weighted by molar-refractivity contribution is 0.627. The van der Waals surface area contributed by atoms with Gasteiger partial charge in [-0.3, -0.25) is 0 Å². The molecule has 0 aliphatic rings. The van der Waals surface area contributed by atoms with E-state index in [2.05, 4.69) is 33.6 Å². The lowest BCUT2D eigenvalue weighted by Gasteiger charge is -2.01. The molecule has 0 spiro atoms. The molecule has 7 rings (SSSR count). The molecule has 0 amide bonds. The molecule has 0 aliphatic carbocycles. The van der Waals surface area contributed by atoms with Gasteiger partial charge in [-0.15, -0.1) is 0 Å². The minimum atomic E-state index is -0.325. The van der Waals surface area contributed by atoms with Gasteiger partial charge in [-0.25, -0.2) is 18.7 Å². The van der Waals surface area contributed by atoms with E-state index in [1.165, 1.54) is 24.3 Å². The Balaban J connectivity index is 1.53. The Hall–Kier alpha value is -5.98. The fourth-order valence-corrected chi connectivity index (χ4v) is 4.75. The van der Waals surface area contributed by atoms with E-state index in [9.17, 15) is 8.78 Å². The zero-order chi connectivity index (χ0) is 28.5. The zero-order valence-corrected chi connectivity index (χ0v) is 22.0.